The second-order valence-electron chi connectivity index (χ2n) is 6.21. The summed E-state index contributed by atoms with van der Waals surface area (Å²) >= 11 is 6.89. The largest absolute Gasteiger partial charge is 0.283 e. The summed E-state index contributed by atoms with van der Waals surface area (Å²) in [6, 6.07) is 0. The molecule has 0 atom stereocenters. The highest BCUT2D eigenvalue weighted by molar-refractivity contribution is 8.22. The third kappa shape index (κ3) is 9.67. The number of hydrogen-bond donors (Lipinski definition) is 2. The van der Waals surface area contributed by atoms with Gasteiger partial charge in [-0.3, -0.25) is 15.6 Å². The fourth-order valence-corrected chi connectivity index (χ4v) is 3.80. The maximum Gasteiger partial charge on any atom is 0.241 e. The lowest BCUT2D eigenvalue weighted by Crippen LogP contribution is -2.43. The van der Waals surface area contributed by atoms with Gasteiger partial charge >= 0.3 is 0 Å². The molecule has 0 radical (unpaired) electrons. The lowest BCUT2D eigenvalue weighted by Gasteiger charge is -2.21. The van der Waals surface area contributed by atoms with Crippen molar-refractivity contribution in [2.24, 2.45) is 5.92 Å². The fraction of sp³-hybridized carbons (Fsp3) is 0.882. The van der Waals surface area contributed by atoms with Crippen LogP contribution < -0.4 is 10.9 Å². The van der Waals surface area contributed by atoms with Crippen molar-refractivity contribution in [3.8, 4) is 0 Å². The predicted octanol–water partition coefficient (Wildman–Crippen LogP) is 4.96. The molecule has 1 aliphatic carbocycles. The number of rotatable bonds is 9. The van der Waals surface area contributed by atoms with Crippen LogP contribution in [0.4, 0.5) is 0 Å². The van der Waals surface area contributed by atoms with Crippen LogP contribution in [-0.2, 0) is 4.79 Å². The van der Waals surface area contributed by atoms with Gasteiger partial charge in [0.05, 0.1) is 0 Å². The second-order valence-corrected chi connectivity index (χ2v) is 7.98. The summed E-state index contributed by atoms with van der Waals surface area (Å²) in [7, 11) is 0. The molecule has 0 unspecified atom stereocenters. The van der Waals surface area contributed by atoms with Gasteiger partial charge < -0.3 is 0 Å². The summed E-state index contributed by atoms with van der Waals surface area (Å²) in [6.07, 6.45) is 14.9. The average molecular weight is 345 g/mol. The summed E-state index contributed by atoms with van der Waals surface area (Å²) < 4.78 is 0.690. The van der Waals surface area contributed by atoms with Gasteiger partial charge in [0.25, 0.3) is 0 Å². The lowest BCUT2D eigenvalue weighted by molar-refractivity contribution is -0.126. The Morgan fingerprint density at radius 2 is 1.64 bits per heavy atom. The van der Waals surface area contributed by atoms with Crippen LogP contribution in [0, 0.1) is 5.92 Å². The second kappa shape index (κ2) is 13.2. The van der Waals surface area contributed by atoms with Gasteiger partial charge in [0.15, 0.2) is 4.32 Å². The third-order valence-corrected chi connectivity index (χ3v) is 5.56. The van der Waals surface area contributed by atoms with Gasteiger partial charge in [-0.25, -0.2) is 0 Å². The number of nitrogens with one attached hydrogen (secondary N) is 2. The van der Waals surface area contributed by atoms with Crippen LogP contribution in [0.15, 0.2) is 0 Å². The highest BCUT2D eigenvalue weighted by atomic mass is 32.2. The van der Waals surface area contributed by atoms with E-state index >= 15 is 0 Å². The van der Waals surface area contributed by atoms with Crippen molar-refractivity contribution in [3.63, 3.8) is 0 Å². The maximum absolute atomic E-state index is 12.0. The van der Waals surface area contributed by atoms with Crippen molar-refractivity contribution in [1.82, 2.24) is 10.9 Å². The Bertz CT molecular complexity index is 318. The number of thiocarbonyl (C=S) groups is 1. The zero-order valence-corrected chi connectivity index (χ0v) is 15.6. The van der Waals surface area contributed by atoms with Gasteiger partial charge in [0.2, 0.25) is 5.91 Å². The number of hydrazine groups is 1. The first kappa shape index (κ1) is 19.8. The van der Waals surface area contributed by atoms with E-state index in [1.165, 1.54) is 64.2 Å². The monoisotopic (exact) mass is 344 g/mol. The minimum absolute atomic E-state index is 0.110. The molecule has 0 spiro atoms. The summed E-state index contributed by atoms with van der Waals surface area (Å²) in [6.45, 7) is 2.25. The Labute approximate surface area is 145 Å². The molecule has 0 bridgehead atoms. The summed E-state index contributed by atoms with van der Waals surface area (Å²) in [5.41, 5.74) is 5.67. The van der Waals surface area contributed by atoms with E-state index < -0.39 is 0 Å². The Morgan fingerprint density at radius 1 is 1.00 bits per heavy atom. The molecule has 1 aliphatic rings. The lowest BCUT2D eigenvalue weighted by atomic mass is 9.89. The molecule has 1 rings (SSSR count). The van der Waals surface area contributed by atoms with Crippen molar-refractivity contribution in [1.29, 1.82) is 0 Å². The fourth-order valence-electron chi connectivity index (χ4n) is 2.84. The Kier molecular flexibility index (Phi) is 11.8. The molecule has 0 heterocycles. The van der Waals surface area contributed by atoms with E-state index in [9.17, 15) is 4.79 Å². The Hall–Kier alpha value is -0.290. The smallest absolute Gasteiger partial charge is 0.241 e. The zero-order chi connectivity index (χ0) is 16.0. The van der Waals surface area contributed by atoms with E-state index in [1.54, 1.807) is 11.8 Å². The number of thioether (sulfide) groups is 1. The van der Waals surface area contributed by atoms with Crippen molar-refractivity contribution >= 4 is 34.2 Å². The van der Waals surface area contributed by atoms with Gasteiger partial charge in [-0.15, -0.1) is 0 Å². The average Bonchev–Trinajstić information content (AvgIpc) is 2.56. The normalized spacial score (nSPS) is 15.5. The van der Waals surface area contributed by atoms with E-state index in [-0.39, 0.29) is 11.8 Å². The van der Waals surface area contributed by atoms with Gasteiger partial charge in [-0.05, 0) is 19.3 Å². The molecule has 0 aromatic carbocycles. The predicted molar refractivity (Wildman–Crippen MR) is 101 cm³/mol. The van der Waals surface area contributed by atoms with E-state index in [0.717, 1.165) is 18.6 Å². The number of carbonyl (C=O) groups excluding carboxylic acids is 1. The van der Waals surface area contributed by atoms with E-state index in [2.05, 4.69) is 17.8 Å². The Balaban J connectivity index is 1.93. The van der Waals surface area contributed by atoms with Crippen LogP contribution in [0.25, 0.3) is 0 Å². The first-order valence-electron chi connectivity index (χ1n) is 8.96. The molecule has 22 heavy (non-hydrogen) atoms. The van der Waals surface area contributed by atoms with Crippen LogP contribution in [0.2, 0.25) is 0 Å². The van der Waals surface area contributed by atoms with Crippen molar-refractivity contribution in [2.45, 2.75) is 84.0 Å². The third-order valence-electron chi connectivity index (χ3n) is 4.24. The SMILES string of the molecule is CCCCCCCCCSC(=S)NNC(=O)C1CCCCC1. The van der Waals surface area contributed by atoms with Crippen molar-refractivity contribution in [2.75, 3.05) is 5.75 Å². The van der Waals surface area contributed by atoms with Gasteiger partial charge in [-0.2, -0.15) is 0 Å². The summed E-state index contributed by atoms with van der Waals surface area (Å²) in [4.78, 5) is 12.0. The maximum atomic E-state index is 12.0. The van der Waals surface area contributed by atoms with Crippen LogP contribution in [0.3, 0.4) is 0 Å². The molecule has 0 aromatic heterocycles. The highest BCUT2D eigenvalue weighted by Gasteiger charge is 2.20. The molecule has 3 nitrogen and oxygen atoms in total. The molecule has 128 valence electrons. The minimum Gasteiger partial charge on any atom is -0.283 e. The van der Waals surface area contributed by atoms with Crippen molar-refractivity contribution < 1.29 is 4.79 Å². The number of unbranched alkanes of at least 4 members (excludes halogenated alkanes) is 6. The zero-order valence-electron chi connectivity index (χ0n) is 14.0. The van der Waals surface area contributed by atoms with Crippen LogP contribution in [0.5, 0.6) is 0 Å². The first-order valence-corrected chi connectivity index (χ1v) is 10.4. The quantitative estimate of drug-likeness (QED) is 0.352. The van der Waals surface area contributed by atoms with Crippen LogP contribution in [0.1, 0.15) is 84.0 Å². The van der Waals surface area contributed by atoms with Crippen LogP contribution in [-0.4, -0.2) is 16.0 Å². The molecular weight excluding hydrogens is 312 g/mol. The van der Waals surface area contributed by atoms with Crippen molar-refractivity contribution in [3.05, 3.63) is 0 Å². The molecule has 2 N–H and O–H groups in total. The standard InChI is InChI=1S/C17H32N2OS2/c1-2-3-4-5-6-7-11-14-22-17(21)19-18-16(20)15-12-9-8-10-13-15/h15H,2-14H2,1H3,(H,18,20)(H,19,21). The molecule has 1 fully saturated rings. The van der Waals surface area contributed by atoms with Gasteiger partial charge in [-0.1, -0.05) is 88.7 Å². The molecule has 0 saturated heterocycles. The topological polar surface area (TPSA) is 41.1 Å². The minimum atomic E-state index is 0.110. The summed E-state index contributed by atoms with van der Waals surface area (Å²) in [5, 5.41) is 0. The van der Waals surface area contributed by atoms with E-state index in [1.807, 2.05) is 0 Å². The molecule has 5 heteroatoms. The molecule has 1 amide bonds. The van der Waals surface area contributed by atoms with Gasteiger partial charge in [0.1, 0.15) is 0 Å². The van der Waals surface area contributed by atoms with Gasteiger partial charge in [0, 0.05) is 11.7 Å². The molecular formula is C17H32N2OS2. The summed E-state index contributed by atoms with van der Waals surface area (Å²) in [5.74, 6) is 1.33. The Morgan fingerprint density at radius 3 is 2.32 bits per heavy atom. The number of hydrogen-bond acceptors (Lipinski definition) is 3. The first-order chi connectivity index (χ1) is 10.7. The highest BCUT2D eigenvalue weighted by Crippen LogP contribution is 2.23. The number of amides is 1. The molecule has 0 aliphatic heterocycles. The van der Waals surface area contributed by atoms with E-state index in [4.69, 9.17) is 12.2 Å². The van der Waals surface area contributed by atoms with Crippen LogP contribution >= 0.6 is 24.0 Å². The molecule has 0 aromatic rings. The molecule has 1 saturated carbocycles. The van der Waals surface area contributed by atoms with E-state index in [0.29, 0.717) is 4.32 Å². The number of carbonyl (C=O) groups is 1.